The van der Waals surface area contributed by atoms with E-state index in [0.717, 1.165) is 0 Å². The third-order valence-corrected chi connectivity index (χ3v) is 3.40. The largest absolute Gasteiger partial charge is 0.455 e. The van der Waals surface area contributed by atoms with E-state index in [1.54, 1.807) is 25.1 Å². The molecule has 0 saturated carbocycles. The maximum Gasteiger partial charge on any atom is 0.147 e. The molecule has 0 spiro atoms. The first-order chi connectivity index (χ1) is 9.38. The lowest BCUT2D eigenvalue weighted by molar-refractivity contribution is 0.195. The molecule has 0 aliphatic heterocycles. The summed E-state index contributed by atoms with van der Waals surface area (Å²) in [6.45, 7) is 3.16. The lowest BCUT2D eigenvalue weighted by Crippen LogP contribution is -1.99. The van der Waals surface area contributed by atoms with Crippen molar-refractivity contribution in [2.45, 2.75) is 20.0 Å². The van der Waals surface area contributed by atoms with Gasteiger partial charge in [-0.15, -0.1) is 0 Å². The van der Waals surface area contributed by atoms with E-state index in [4.69, 9.17) is 27.9 Å². The monoisotopic (exact) mass is 314 g/mol. The molecule has 1 atom stereocenters. The van der Waals surface area contributed by atoms with Crippen molar-refractivity contribution in [2.24, 2.45) is 0 Å². The number of ether oxygens (including phenoxy) is 1. The van der Waals surface area contributed by atoms with Crippen LogP contribution in [-0.2, 0) is 0 Å². The standard InChI is InChI=1S/C15H13Cl2FO2/c1-8-5-14(11(9(2)19)7-13(8)18)20-15-6-10(16)3-4-12(15)17/h3-7,9,19H,1-2H3/t9-/m1/s1. The fraction of sp³-hybridized carbons (Fsp3) is 0.200. The van der Waals surface area contributed by atoms with Crippen molar-refractivity contribution in [3.63, 3.8) is 0 Å². The molecule has 2 nitrogen and oxygen atoms in total. The lowest BCUT2D eigenvalue weighted by Gasteiger charge is -2.15. The number of hydrogen-bond donors (Lipinski definition) is 1. The van der Waals surface area contributed by atoms with Gasteiger partial charge in [0.05, 0.1) is 11.1 Å². The van der Waals surface area contributed by atoms with Crippen LogP contribution in [0.2, 0.25) is 10.0 Å². The molecule has 0 bridgehead atoms. The van der Waals surface area contributed by atoms with Gasteiger partial charge in [-0.25, -0.2) is 4.39 Å². The molecule has 0 amide bonds. The summed E-state index contributed by atoms with van der Waals surface area (Å²) in [7, 11) is 0. The minimum atomic E-state index is -0.863. The maximum atomic E-state index is 13.6. The predicted molar refractivity (Wildman–Crippen MR) is 78.3 cm³/mol. The van der Waals surface area contributed by atoms with E-state index in [1.807, 2.05) is 0 Å². The molecule has 0 aliphatic carbocycles. The van der Waals surface area contributed by atoms with Crippen LogP contribution in [0, 0.1) is 12.7 Å². The molecule has 0 fully saturated rings. The number of aliphatic hydroxyl groups excluding tert-OH is 1. The fourth-order valence-corrected chi connectivity index (χ4v) is 2.08. The zero-order valence-electron chi connectivity index (χ0n) is 11.0. The van der Waals surface area contributed by atoms with Crippen LogP contribution in [0.25, 0.3) is 0 Å². The quantitative estimate of drug-likeness (QED) is 0.834. The Kier molecular flexibility index (Phi) is 4.53. The predicted octanol–water partition coefficient (Wildman–Crippen LogP) is 5.29. The van der Waals surface area contributed by atoms with E-state index in [0.29, 0.717) is 32.7 Å². The zero-order valence-corrected chi connectivity index (χ0v) is 12.5. The summed E-state index contributed by atoms with van der Waals surface area (Å²) >= 11 is 11.9. The van der Waals surface area contributed by atoms with Gasteiger partial charge in [-0.3, -0.25) is 0 Å². The Balaban J connectivity index is 2.47. The Morgan fingerprint density at radius 1 is 1.15 bits per heavy atom. The minimum Gasteiger partial charge on any atom is -0.455 e. The fourth-order valence-electron chi connectivity index (χ4n) is 1.76. The number of halogens is 3. The van der Waals surface area contributed by atoms with Gasteiger partial charge in [-0.05, 0) is 43.7 Å². The normalized spacial score (nSPS) is 12.3. The third kappa shape index (κ3) is 3.23. The number of hydrogen-bond acceptors (Lipinski definition) is 2. The Morgan fingerprint density at radius 2 is 1.85 bits per heavy atom. The summed E-state index contributed by atoms with van der Waals surface area (Å²) in [6.07, 6.45) is -0.863. The van der Waals surface area contributed by atoms with Gasteiger partial charge >= 0.3 is 0 Å². The highest BCUT2D eigenvalue weighted by Gasteiger charge is 2.15. The molecule has 106 valence electrons. The number of rotatable bonds is 3. The Labute approximate surface area is 126 Å². The van der Waals surface area contributed by atoms with Crippen molar-refractivity contribution in [3.8, 4) is 11.5 Å². The van der Waals surface area contributed by atoms with Crippen molar-refractivity contribution >= 4 is 23.2 Å². The molecule has 1 N–H and O–H groups in total. The molecule has 0 radical (unpaired) electrons. The van der Waals surface area contributed by atoms with Crippen LogP contribution in [-0.4, -0.2) is 5.11 Å². The van der Waals surface area contributed by atoms with E-state index >= 15 is 0 Å². The molecule has 0 heterocycles. The smallest absolute Gasteiger partial charge is 0.147 e. The SMILES string of the molecule is Cc1cc(Oc2cc(Cl)ccc2Cl)c([C@@H](C)O)cc1F. The maximum absolute atomic E-state index is 13.6. The average Bonchev–Trinajstić information content (AvgIpc) is 2.37. The molecule has 0 aliphatic rings. The highest BCUT2D eigenvalue weighted by atomic mass is 35.5. The molecule has 2 rings (SSSR count). The van der Waals surface area contributed by atoms with Gasteiger partial charge < -0.3 is 9.84 Å². The van der Waals surface area contributed by atoms with E-state index in [1.165, 1.54) is 19.1 Å². The lowest BCUT2D eigenvalue weighted by atomic mass is 10.1. The summed E-state index contributed by atoms with van der Waals surface area (Å²) < 4.78 is 19.3. The van der Waals surface area contributed by atoms with Crippen molar-refractivity contribution in [2.75, 3.05) is 0 Å². The van der Waals surface area contributed by atoms with E-state index in [-0.39, 0.29) is 0 Å². The molecule has 5 heteroatoms. The first-order valence-electron chi connectivity index (χ1n) is 5.99. The van der Waals surface area contributed by atoms with E-state index in [9.17, 15) is 9.50 Å². The Hall–Kier alpha value is -1.29. The molecular weight excluding hydrogens is 302 g/mol. The van der Waals surface area contributed by atoms with Crippen LogP contribution >= 0.6 is 23.2 Å². The van der Waals surface area contributed by atoms with E-state index in [2.05, 4.69) is 0 Å². The topological polar surface area (TPSA) is 29.5 Å². The van der Waals surface area contributed by atoms with Gasteiger partial charge in [0, 0.05) is 16.7 Å². The van der Waals surface area contributed by atoms with Crippen molar-refractivity contribution in [1.82, 2.24) is 0 Å². The second kappa shape index (κ2) is 6.00. The van der Waals surface area contributed by atoms with E-state index < -0.39 is 11.9 Å². The minimum absolute atomic E-state index is 0.350. The number of benzene rings is 2. The van der Waals surface area contributed by atoms with Gasteiger partial charge in [0.1, 0.15) is 17.3 Å². The van der Waals surface area contributed by atoms with Crippen LogP contribution in [0.15, 0.2) is 30.3 Å². The summed E-state index contributed by atoms with van der Waals surface area (Å²) in [6, 6.07) is 7.59. The Bertz CT molecular complexity index is 642. The molecule has 20 heavy (non-hydrogen) atoms. The summed E-state index contributed by atoms with van der Waals surface area (Å²) in [4.78, 5) is 0. The van der Waals surface area contributed by atoms with Gasteiger partial charge in [0.25, 0.3) is 0 Å². The summed E-state index contributed by atoms with van der Waals surface area (Å²) in [5.74, 6) is 0.306. The van der Waals surface area contributed by atoms with Crippen LogP contribution in [0.3, 0.4) is 0 Å². The second-order valence-corrected chi connectivity index (χ2v) is 5.34. The van der Waals surface area contributed by atoms with Crippen molar-refractivity contribution in [3.05, 3.63) is 57.3 Å². The zero-order chi connectivity index (χ0) is 14.9. The van der Waals surface area contributed by atoms with Gasteiger partial charge in [0.15, 0.2) is 0 Å². The van der Waals surface area contributed by atoms with Gasteiger partial charge in [-0.1, -0.05) is 23.2 Å². The van der Waals surface area contributed by atoms with Crippen LogP contribution in [0.1, 0.15) is 24.2 Å². The van der Waals surface area contributed by atoms with Gasteiger partial charge in [0.2, 0.25) is 0 Å². The summed E-state index contributed by atoms with van der Waals surface area (Å²) in [5, 5.41) is 10.6. The van der Waals surface area contributed by atoms with Crippen LogP contribution in [0.5, 0.6) is 11.5 Å². The van der Waals surface area contributed by atoms with Crippen molar-refractivity contribution < 1.29 is 14.2 Å². The first kappa shape index (κ1) is 15.1. The highest BCUT2D eigenvalue weighted by Crippen LogP contribution is 2.36. The Morgan fingerprint density at radius 3 is 2.50 bits per heavy atom. The molecule has 0 aromatic heterocycles. The number of aryl methyl sites for hydroxylation is 1. The highest BCUT2D eigenvalue weighted by molar-refractivity contribution is 6.34. The third-order valence-electron chi connectivity index (χ3n) is 2.85. The first-order valence-corrected chi connectivity index (χ1v) is 6.75. The average molecular weight is 315 g/mol. The second-order valence-electron chi connectivity index (χ2n) is 4.49. The number of aliphatic hydroxyl groups is 1. The van der Waals surface area contributed by atoms with Crippen LogP contribution in [0.4, 0.5) is 4.39 Å². The molecular formula is C15H13Cl2FO2. The van der Waals surface area contributed by atoms with Crippen molar-refractivity contribution in [1.29, 1.82) is 0 Å². The summed E-state index contributed by atoms with van der Waals surface area (Å²) in [5.41, 5.74) is 0.770. The molecule has 2 aromatic rings. The van der Waals surface area contributed by atoms with Crippen LogP contribution < -0.4 is 4.74 Å². The van der Waals surface area contributed by atoms with Gasteiger partial charge in [-0.2, -0.15) is 0 Å². The molecule has 0 unspecified atom stereocenters. The molecule has 2 aromatic carbocycles. The molecule has 0 saturated heterocycles.